The van der Waals surface area contributed by atoms with Gasteiger partial charge in [0, 0.05) is 12.6 Å². The first-order valence-corrected chi connectivity index (χ1v) is 5.86. The van der Waals surface area contributed by atoms with E-state index in [1.165, 1.54) is 0 Å². The summed E-state index contributed by atoms with van der Waals surface area (Å²) in [6.07, 6.45) is -4.57. The molecule has 0 saturated heterocycles. The SMILES string of the molecule is CC(CC(=O)OCC(F)(F)F)NCc1ccccc1. The second-order valence-electron chi connectivity index (χ2n) is 4.25. The maximum absolute atomic E-state index is 11.8. The maximum atomic E-state index is 11.8. The zero-order valence-corrected chi connectivity index (χ0v) is 10.5. The summed E-state index contributed by atoms with van der Waals surface area (Å²) in [5, 5.41) is 3.04. The molecule has 1 aromatic carbocycles. The Morgan fingerprint density at radius 1 is 1.32 bits per heavy atom. The Labute approximate surface area is 109 Å². The van der Waals surface area contributed by atoms with E-state index in [1.54, 1.807) is 6.92 Å². The average molecular weight is 275 g/mol. The first-order valence-electron chi connectivity index (χ1n) is 5.86. The lowest BCUT2D eigenvalue weighted by Gasteiger charge is -2.14. The lowest BCUT2D eigenvalue weighted by molar-refractivity contribution is -0.186. The van der Waals surface area contributed by atoms with Gasteiger partial charge in [0.25, 0.3) is 0 Å². The van der Waals surface area contributed by atoms with Crippen LogP contribution >= 0.6 is 0 Å². The van der Waals surface area contributed by atoms with Crippen LogP contribution in [0.5, 0.6) is 0 Å². The van der Waals surface area contributed by atoms with Crippen LogP contribution < -0.4 is 5.32 Å². The van der Waals surface area contributed by atoms with Gasteiger partial charge < -0.3 is 10.1 Å². The summed E-state index contributed by atoms with van der Waals surface area (Å²) in [7, 11) is 0. The first kappa shape index (κ1) is 15.5. The van der Waals surface area contributed by atoms with Gasteiger partial charge in [-0.3, -0.25) is 4.79 Å². The number of hydrogen-bond donors (Lipinski definition) is 1. The topological polar surface area (TPSA) is 38.3 Å². The molecule has 0 fully saturated rings. The summed E-state index contributed by atoms with van der Waals surface area (Å²) in [6.45, 7) is 0.740. The van der Waals surface area contributed by atoms with Gasteiger partial charge in [-0.05, 0) is 12.5 Å². The quantitative estimate of drug-likeness (QED) is 0.811. The van der Waals surface area contributed by atoms with Crippen molar-refractivity contribution in [2.75, 3.05) is 6.61 Å². The molecule has 19 heavy (non-hydrogen) atoms. The number of rotatable bonds is 6. The monoisotopic (exact) mass is 275 g/mol. The molecule has 1 N–H and O–H groups in total. The minimum atomic E-state index is -4.48. The van der Waals surface area contributed by atoms with Gasteiger partial charge in [-0.2, -0.15) is 13.2 Å². The fourth-order valence-corrected chi connectivity index (χ4v) is 1.43. The summed E-state index contributed by atoms with van der Waals surface area (Å²) in [4.78, 5) is 11.1. The highest BCUT2D eigenvalue weighted by Crippen LogP contribution is 2.14. The van der Waals surface area contributed by atoms with E-state index in [4.69, 9.17) is 0 Å². The lowest BCUT2D eigenvalue weighted by atomic mass is 10.2. The van der Waals surface area contributed by atoms with Gasteiger partial charge in [-0.15, -0.1) is 0 Å². The fourth-order valence-electron chi connectivity index (χ4n) is 1.43. The van der Waals surface area contributed by atoms with E-state index in [0.29, 0.717) is 6.54 Å². The molecule has 3 nitrogen and oxygen atoms in total. The van der Waals surface area contributed by atoms with Crippen LogP contribution in [0.25, 0.3) is 0 Å². The van der Waals surface area contributed by atoms with Crippen LogP contribution in [-0.2, 0) is 16.1 Å². The van der Waals surface area contributed by atoms with Crippen molar-refractivity contribution < 1.29 is 22.7 Å². The van der Waals surface area contributed by atoms with Gasteiger partial charge in [0.05, 0.1) is 6.42 Å². The molecule has 1 rings (SSSR count). The molecule has 0 saturated carbocycles. The lowest BCUT2D eigenvalue weighted by Crippen LogP contribution is -2.30. The Morgan fingerprint density at radius 2 is 1.95 bits per heavy atom. The van der Waals surface area contributed by atoms with Crippen molar-refractivity contribution in [3.05, 3.63) is 35.9 Å². The van der Waals surface area contributed by atoms with Gasteiger partial charge in [-0.1, -0.05) is 30.3 Å². The fraction of sp³-hybridized carbons (Fsp3) is 0.462. The van der Waals surface area contributed by atoms with E-state index in [1.807, 2.05) is 30.3 Å². The van der Waals surface area contributed by atoms with E-state index in [-0.39, 0.29) is 12.5 Å². The third-order valence-electron chi connectivity index (χ3n) is 2.37. The summed E-state index contributed by atoms with van der Waals surface area (Å²) >= 11 is 0. The van der Waals surface area contributed by atoms with Gasteiger partial charge in [-0.25, -0.2) is 0 Å². The van der Waals surface area contributed by atoms with E-state index < -0.39 is 18.8 Å². The van der Waals surface area contributed by atoms with Gasteiger partial charge in [0.15, 0.2) is 6.61 Å². The first-order chi connectivity index (χ1) is 8.87. The molecule has 0 heterocycles. The summed E-state index contributed by atoms with van der Waals surface area (Å²) in [5.41, 5.74) is 1.04. The van der Waals surface area contributed by atoms with Crippen LogP contribution in [0.2, 0.25) is 0 Å². The number of halogens is 3. The zero-order chi connectivity index (χ0) is 14.3. The molecule has 1 atom stereocenters. The van der Waals surface area contributed by atoms with Crippen LogP contribution in [0.1, 0.15) is 18.9 Å². The predicted octanol–water partition coefficient (Wildman–Crippen LogP) is 2.66. The molecule has 6 heteroatoms. The van der Waals surface area contributed by atoms with Gasteiger partial charge in [0.2, 0.25) is 0 Å². The minimum absolute atomic E-state index is 0.0943. The Morgan fingerprint density at radius 3 is 2.53 bits per heavy atom. The van der Waals surface area contributed by atoms with Crippen LogP contribution in [0.15, 0.2) is 30.3 Å². The highest BCUT2D eigenvalue weighted by atomic mass is 19.4. The third kappa shape index (κ3) is 7.46. The van der Waals surface area contributed by atoms with Crippen molar-refractivity contribution in [2.24, 2.45) is 0 Å². The maximum Gasteiger partial charge on any atom is 0.422 e. The largest absolute Gasteiger partial charge is 0.456 e. The van der Waals surface area contributed by atoms with Crippen molar-refractivity contribution in [3.8, 4) is 0 Å². The predicted molar refractivity (Wildman–Crippen MR) is 64.4 cm³/mol. The highest BCUT2D eigenvalue weighted by molar-refractivity contribution is 5.70. The molecular formula is C13H16F3NO2. The second-order valence-corrected chi connectivity index (χ2v) is 4.25. The van der Waals surface area contributed by atoms with Gasteiger partial charge >= 0.3 is 12.1 Å². The van der Waals surface area contributed by atoms with Crippen LogP contribution in [-0.4, -0.2) is 24.8 Å². The zero-order valence-electron chi connectivity index (χ0n) is 10.5. The third-order valence-corrected chi connectivity index (χ3v) is 2.37. The van der Waals surface area contributed by atoms with Crippen LogP contribution in [0, 0.1) is 0 Å². The molecule has 0 aromatic heterocycles. The molecule has 0 radical (unpaired) electrons. The number of ether oxygens (including phenoxy) is 1. The summed E-state index contributed by atoms with van der Waals surface area (Å²) in [6, 6.07) is 9.25. The number of carbonyl (C=O) groups excluding carboxylic acids is 1. The molecule has 106 valence electrons. The molecule has 0 aliphatic carbocycles. The van der Waals surface area contributed by atoms with E-state index >= 15 is 0 Å². The number of hydrogen-bond acceptors (Lipinski definition) is 3. The number of carbonyl (C=O) groups is 1. The molecule has 0 aliphatic rings. The smallest absolute Gasteiger partial charge is 0.422 e. The molecule has 0 aliphatic heterocycles. The summed E-state index contributed by atoms with van der Waals surface area (Å²) < 4.78 is 39.6. The Kier molecular flexibility index (Phi) is 5.82. The van der Waals surface area contributed by atoms with Crippen molar-refractivity contribution in [2.45, 2.75) is 32.1 Å². The Balaban J connectivity index is 2.24. The van der Waals surface area contributed by atoms with Crippen molar-refractivity contribution in [1.82, 2.24) is 5.32 Å². The van der Waals surface area contributed by atoms with E-state index in [2.05, 4.69) is 10.1 Å². The number of esters is 1. The molecule has 0 spiro atoms. The molecule has 1 unspecified atom stereocenters. The molecular weight excluding hydrogens is 259 g/mol. The standard InChI is InChI=1S/C13H16F3NO2/c1-10(7-12(18)19-9-13(14,15)16)17-8-11-5-3-2-4-6-11/h2-6,10,17H,7-9H2,1H3. The van der Waals surface area contributed by atoms with Crippen LogP contribution in [0.3, 0.4) is 0 Å². The van der Waals surface area contributed by atoms with Crippen LogP contribution in [0.4, 0.5) is 13.2 Å². The minimum Gasteiger partial charge on any atom is -0.456 e. The van der Waals surface area contributed by atoms with Crippen molar-refractivity contribution >= 4 is 5.97 Å². The highest BCUT2D eigenvalue weighted by Gasteiger charge is 2.29. The Hall–Kier alpha value is -1.56. The second kappa shape index (κ2) is 7.13. The molecule has 0 bridgehead atoms. The number of nitrogens with one attached hydrogen (secondary N) is 1. The van der Waals surface area contributed by atoms with Crippen molar-refractivity contribution in [3.63, 3.8) is 0 Å². The normalized spacial score (nSPS) is 13.1. The summed E-state index contributed by atoms with van der Waals surface area (Å²) in [5.74, 6) is -0.856. The Bertz CT molecular complexity index is 393. The van der Waals surface area contributed by atoms with Crippen molar-refractivity contribution in [1.29, 1.82) is 0 Å². The molecule has 1 aromatic rings. The number of alkyl halides is 3. The van der Waals surface area contributed by atoms with E-state index in [9.17, 15) is 18.0 Å². The average Bonchev–Trinajstić information content (AvgIpc) is 2.34. The van der Waals surface area contributed by atoms with E-state index in [0.717, 1.165) is 5.56 Å². The molecule has 0 amide bonds. The van der Waals surface area contributed by atoms with Gasteiger partial charge in [0.1, 0.15) is 0 Å². The number of benzene rings is 1.